The lowest BCUT2D eigenvalue weighted by atomic mass is 10.2. The minimum Gasteiger partial charge on any atom is -0.351 e. The molecule has 0 fully saturated rings. The number of carbonyl (C=O) groups is 1. The lowest BCUT2D eigenvalue weighted by Gasteiger charge is -2.10. The highest BCUT2D eigenvalue weighted by molar-refractivity contribution is 5.93. The van der Waals surface area contributed by atoms with Gasteiger partial charge in [-0.15, -0.1) is 0 Å². The minimum absolute atomic E-state index is 0.113. The molecule has 7 nitrogen and oxygen atoms in total. The summed E-state index contributed by atoms with van der Waals surface area (Å²) in [6, 6.07) is 1.22. The van der Waals surface area contributed by atoms with Crippen molar-refractivity contribution in [1.82, 2.24) is 15.6 Å². The first-order chi connectivity index (χ1) is 8.04. The molecule has 1 amide bonds. The smallest absolute Gasteiger partial charge is 0.287 e. The number of amides is 1. The van der Waals surface area contributed by atoms with Gasteiger partial charge in [0.25, 0.3) is 11.6 Å². The van der Waals surface area contributed by atoms with Crippen molar-refractivity contribution in [2.24, 2.45) is 5.92 Å². The number of hydrogen-bond acceptors (Lipinski definition) is 4. The highest BCUT2D eigenvalue weighted by Crippen LogP contribution is 2.11. The third-order valence-electron chi connectivity index (χ3n) is 2.29. The van der Waals surface area contributed by atoms with Crippen LogP contribution in [0.2, 0.25) is 0 Å². The van der Waals surface area contributed by atoms with Gasteiger partial charge >= 0.3 is 0 Å². The molecule has 0 aliphatic carbocycles. The molecule has 0 spiro atoms. The fraction of sp³-hybridized carbons (Fsp3) is 0.500. The lowest BCUT2D eigenvalue weighted by Crippen LogP contribution is -2.32. The van der Waals surface area contributed by atoms with E-state index in [0.717, 1.165) is 6.54 Å². The summed E-state index contributed by atoms with van der Waals surface area (Å²) in [4.78, 5) is 24.1. The van der Waals surface area contributed by atoms with Crippen LogP contribution < -0.4 is 10.6 Å². The van der Waals surface area contributed by atoms with Crippen molar-refractivity contribution in [3.63, 3.8) is 0 Å². The van der Waals surface area contributed by atoms with E-state index >= 15 is 0 Å². The molecule has 1 unspecified atom stereocenters. The summed E-state index contributed by atoms with van der Waals surface area (Å²) in [6.45, 7) is 3.31. The second-order valence-electron chi connectivity index (χ2n) is 3.90. The van der Waals surface area contributed by atoms with Crippen molar-refractivity contribution in [2.45, 2.75) is 6.92 Å². The van der Waals surface area contributed by atoms with E-state index in [1.807, 2.05) is 14.0 Å². The highest BCUT2D eigenvalue weighted by Gasteiger charge is 2.14. The molecule has 94 valence electrons. The van der Waals surface area contributed by atoms with Crippen LogP contribution in [-0.4, -0.2) is 36.0 Å². The maximum absolute atomic E-state index is 11.6. The van der Waals surface area contributed by atoms with E-state index in [9.17, 15) is 14.9 Å². The normalized spacial score (nSPS) is 12.1. The molecule has 17 heavy (non-hydrogen) atoms. The zero-order valence-electron chi connectivity index (χ0n) is 9.82. The Morgan fingerprint density at radius 3 is 2.82 bits per heavy atom. The molecule has 1 atom stereocenters. The highest BCUT2D eigenvalue weighted by atomic mass is 16.6. The average molecular weight is 240 g/mol. The Bertz CT molecular complexity index is 402. The molecule has 0 bridgehead atoms. The zero-order valence-corrected chi connectivity index (χ0v) is 9.82. The fourth-order valence-corrected chi connectivity index (χ4v) is 1.40. The van der Waals surface area contributed by atoms with Crippen LogP contribution in [0.15, 0.2) is 12.3 Å². The molecule has 1 rings (SSSR count). The molecule has 1 aromatic rings. The van der Waals surface area contributed by atoms with Crippen LogP contribution in [0, 0.1) is 16.0 Å². The average Bonchev–Trinajstić information content (AvgIpc) is 2.75. The molecular formula is C10H16N4O3. The number of nitrogens with one attached hydrogen (secondary N) is 3. The van der Waals surface area contributed by atoms with E-state index in [1.54, 1.807) is 0 Å². The van der Waals surface area contributed by atoms with Crippen molar-refractivity contribution in [3.8, 4) is 0 Å². The third-order valence-corrected chi connectivity index (χ3v) is 2.29. The Balaban J connectivity index is 2.49. The molecular weight excluding hydrogens is 224 g/mol. The number of hydrogen-bond donors (Lipinski definition) is 3. The van der Waals surface area contributed by atoms with Gasteiger partial charge < -0.3 is 15.6 Å². The van der Waals surface area contributed by atoms with Gasteiger partial charge in [-0.3, -0.25) is 14.9 Å². The van der Waals surface area contributed by atoms with Crippen molar-refractivity contribution < 1.29 is 9.72 Å². The molecule has 0 aliphatic heterocycles. The Kier molecular flexibility index (Phi) is 4.65. The lowest BCUT2D eigenvalue weighted by molar-refractivity contribution is -0.384. The van der Waals surface area contributed by atoms with E-state index in [0.29, 0.717) is 12.5 Å². The maximum atomic E-state index is 11.6. The van der Waals surface area contributed by atoms with Crippen molar-refractivity contribution in [1.29, 1.82) is 0 Å². The predicted octanol–water partition coefficient (Wildman–Crippen LogP) is 0.508. The number of aromatic nitrogens is 1. The molecule has 1 heterocycles. The molecule has 0 aromatic carbocycles. The van der Waals surface area contributed by atoms with Gasteiger partial charge in [0.15, 0.2) is 0 Å². The van der Waals surface area contributed by atoms with Crippen LogP contribution in [0.4, 0.5) is 5.69 Å². The number of rotatable bonds is 6. The Labute approximate surface area is 98.7 Å². The van der Waals surface area contributed by atoms with E-state index in [2.05, 4.69) is 15.6 Å². The molecule has 0 radical (unpaired) electrons. The van der Waals surface area contributed by atoms with Gasteiger partial charge in [-0.1, -0.05) is 6.92 Å². The summed E-state index contributed by atoms with van der Waals surface area (Å²) in [6.07, 6.45) is 1.20. The summed E-state index contributed by atoms with van der Waals surface area (Å²) < 4.78 is 0. The first kappa shape index (κ1) is 13.2. The van der Waals surface area contributed by atoms with E-state index in [-0.39, 0.29) is 17.3 Å². The topological polar surface area (TPSA) is 100 Å². The van der Waals surface area contributed by atoms with Crippen LogP contribution in [0.1, 0.15) is 17.4 Å². The van der Waals surface area contributed by atoms with Crippen molar-refractivity contribution >= 4 is 11.6 Å². The molecule has 0 saturated heterocycles. The maximum Gasteiger partial charge on any atom is 0.287 e. The van der Waals surface area contributed by atoms with Gasteiger partial charge in [0.05, 0.1) is 11.1 Å². The summed E-state index contributed by atoms with van der Waals surface area (Å²) in [7, 11) is 1.84. The summed E-state index contributed by atoms with van der Waals surface area (Å²) in [5, 5.41) is 16.1. The SMILES string of the molecule is CNCC(C)CNC(=O)c1cc([N+](=O)[O-])c[nH]1. The standard InChI is InChI=1S/C10H16N4O3/c1-7(4-11-2)5-13-10(15)9-3-8(6-12-9)14(16)17/h3,6-7,11-12H,4-5H2,1-2H3,(H,13,15). The molecule has 0 saturated carbocycles. The number of nitro groups is 1. The number of aromatic amines is 1. The molecule has 7 heteroatoms. The minimum atomic E-state index is -0.545. The Morgan fingerprint density at radius 2 is 2.29 bits per heavy atom. The summed E-state index contributed by atoms with van der Waals surface area (Å²) >= 11 is 0. The van der Waals surface area contributed by atoms with Gasteiger partial charge in [0.1, 0.15) is 5.69 Å². The van der Waals surface area contributed by atoms with Gasteiger partial charge in [-0.2, -0.15) is 0 Å². The zero-order chi connectivity index (χ0) is 12.8. The van der Waals surface area contributed by atoms with Crippen LogP contribution in [0.25, 0.3) is 0 Å². The Hall–Kier alpha value is -1.89. The van der Waals surface area contributed by atoms with Crippen LogP contribution in [-0.2, 0) is 0 Å². The van der Waals surface area contributed by atoms with E-state index in [1.165, 1.54) is 12.3 Å². The monoisotopic (exact) mass is 240 g/mol. The first-order valence-electron chi connectivity index (χ1n) is 5.30. The molecule has 0 aliphatic rings. The fourth-order valence-electron chi connectivity index (χ4n) is 1.40. The molecule has 3 N–H and O–H groups in total. The van der Waals surface area contributed by atoms with Gasteiger partial charge in [0.2, 0.25) is 0 Å². The quantitative estimate of drug-likeness (QED) is 0.498. The second kappa shape index (κ2) is 6.00. The summed E-state index contributed by atoms with van der Waals surface area (Å²) in [5.41, 5.74) is 0.0896. The van der Waals surface area contributed by atoms with Gasteiger partial charge in [0, 0.05) is 12.6 Å². The van der Waals surface area contributed by atoms with Crippen LogP contribution in [0.3, 0.4) is 0 Å². The third kappa shape index (κ3) is 3.87. The second-order valence-corrected chi connectivity index (χ2v) is 3.90. The van der Waals surface area contributed by atoms with Gasteiger partial charge in [-0.05, 0) is 19.5 Å². The number of carbonyl (C=O) groups excluding carboxylic acids is 1. The predicted molar refractivity (Wildman–Crippen MR) is 62.9 cm³/mol. The summed E-state index contributed by atoms with van der Waals surface area (Å²) in [5.74, 6) is -0.0325. The number of H-pyrrole nitrogens is 1. The van der Waals surface area contributed by atoms with Crippen LogP contribution >= 0.6 is 0 Å². The number of nitrogens with zero attached hydrogens (tertiary/aromatic N) is 1. The molecule has 1 aromatic heterocycles. The van der Waals surface area contributed by atoms with Crippen molar-refractivity contribution in [3.05, 3.63) is 28.1 Å². The largest absolute Gasteiger partial charge is 0.351 e. The van der Waals surface area contributed by atoms with Crippen LogP contribution in [0.5, 0.6) is 0 Å². The van der Waals surface area contributed by atoms with Gasteiger partial charge in [-0.25, -0.2) is 0 Å². The first-order valence-corrected chi connectivity index (χ1v) is 5.30. The van der Waals surface area contributed by atoms with E-state index in [4.69, 9.17) is 0 Å². The van der Waals surface area contributed by atoms with E-state index < -0.39 is 4.92 Å². The van der Waals surface area contributed by atoms with Crippen molar-refractivity contribution in [2.75, 3.05) is 20.1 Å². The Morgan fingerprint density at radius 1 is 1.59 bits per heavy atom.